The quantitative estimate of drug-likeness (QED) is 0.820. The Hall–Kier alpha value is -2.40. The van der Waals surface area contributed by atoms with Gasteiger partial charge in [0.15, 0.2) is 23.0 Å². The molecule has 0 fully saturated rings. The number of fused-ring (bicyclic) bond motifs is 5. The number of ether oxygens (including phenoxy) is 4. The van der Waals surface area contributed by atoms with E-state index >= 15 is 0 Å². The normalized spacial score (nSPS) is 19.9. The van der Waals surface area contributed by atoms with E-state index in [0.29, 0.717) is 19.4 Å². The van der Waals surface area contributed by atoms with E-state index in [-0.39, 0.29) is 0 Å². The van der Waals surface area contributed by atoms with Gasteiger partial charge in [0.1, 0.15) is 0 Å². The van der Waals surface area contributed by atoms with Gasteiger partial charge in [-0.15, -0.1) is 0 Å². The van der Waals surface area contributed by atoms with Crippen LogP contribution in [0.5, 0.6) is 23.0 Å². The summed E-state index contributed by atoms with van der Waals surface area (Å²) in [6.07, 6.45) is 3.01. The molecule has 0 N–H and O–H groups in total. The molecule has 0 spiro atoms. The first-order valence-electron chi connectivity index (χ1n) is 9.76. The zero-order valence-corrected chi connectivity index (χ0v) is 15.9. The van der Waals surface area contributed by atoms with Crippen LogP contribution in [0.2, 0.25) is 0 Å². The molecule has 0 aromatic heterocycles. The lowest BCUT2D eigenvalue weighted by Crippen LogP contribution is -2.39. The molecule has 3 aliphatic rings. The van der Waals surface area contributed by atoms with Crippen molar-refractivity contribution in [3.05, 3.63) is 46.5 Å². The van der Waals surface area contributed by atoms with Crippen molar-refractivity contribution >= 4 is 0 Å². The van der Waals surface area contributed by atoms with Gasteiger partial charge in [0.2, 0.25) is 6.79 Å². The van der Waals surface area contributed by atoms with Gasteiger partial charge in [-0.2, -0.15) is 0 Å². The lowest BCUT2D eigenvalue weighted by Gasteiger charge is -2.41. The molecule has 0 aliphatic carbocycles. The summed E-state index contributed by atoms with van der Waals surface area (Å²) in [5.41, 5.74) is 5.47. The Morgan fingerprint density at radius 2 is 1.85 bits per heavy atom. The molecule has 1 atom stereocenters. The summed E-state index contributed by atoms with van der Waals surface area (Å²) < 4.78 is 22.7. The molecule has 0 bridgehead atoms. The number of benzene rings is 2. The van der Waals surface area contributed by atoms with Crippen LogP contribution in [0.15, 0.2) is 24.3 Å². The second-order valence-corrected chi connectivity index (χ2v) is 7.46. The predicted octanol–water partition coefficient (Wildman–Crippen LogP) is 3.87. The summed E-state index contributed by atoms with van der Waals surface area (Å²) in [6.45, 7) is 5.15. The highest BCUT2D eigenvalue weighted by atomic mass is 16.7. The van der Waals surface area contributed by atoms with E-state index in [9.17, 15) is 0 Å². The average molecular weight is 367 g/mol. The van der Waals surface area contributed by atoms with Crippen molar-refractivity contribution in [2.75, 3.05) is 27.1 Å². The number of nitrogens with zero attached hydrogens (tertiary/aromatic N) is 1. The van der Waals surface area contributed by atoms with Gasteiger partial charge in [0.05, 0.1) is 13.7 Å². The number of rotatable bonds is 4. The summed E-state index contributed by atoms with van der Waals surface area (Å²) in [5, 5.41) is 0. The predicted molar refractivity (Wildman–Crippen MR) is 102 cm³/mol. The van der Waals surface area contributed by atoms with E-state index in [1.807, 2.05) is 0 Å². The van der Waals surface area contributed by atoms with E-state index < -0.39 is 0 Å². The summed E-state index contributed by atoms with van der Waals surface area (Å²) >= 11 is 0. The molecular formula is C22H25NO4. The van der Waals surface area contributed by atoms with Crippen molar-refractivity contribution in [2.45, 2.75) is 38.8 Å². The first-order valence-corrected chi connectivity index (χ1v) is 9.76. The second kappa shape index (κ2) is 6.64. The minimum Gasteiger partial charge on any atom is -0.493 e. The summed E-state index contributed by atoms with van der Waals surface area (Å²) in [6, 6.07) is 9.09. The van der Waals surface area contributed by atoms with Crippen LogP contribution in [-0.4, -0.2) is 32.0 Å². The Balaban J connectivity index is 1.51. The van der Waals surface area contributed by atoms with Crippen molar-refractivity contribution in [1.29, 1.82) is 0 Å². The Morgan fingerprint density at radius 3 is 2.67 bits per heavy atom. The van der Waals surface area contributed by atoms with E-state index in [0.717, 1.165) is 55.4 Å². The highest BCUT2D eigenvalue weighted by molar-refractivity contribution is 5.53. The Bertz CT molecular complexity index is 879. The van der Waals surface area contributed by atoms with Gasteiger partial charge >= 0.3 is 0 Å². The fourth-order valence-electron chi connectivity index (χ4n) is 4.46. The molecule has 0 saturated heterocycles. The van der Waals surface area contributed by atoms with Crippen LogP contribution in [-0.2, 0) is 19.4 Å². The Morgan fingerprint density at radius 1 is 1.04 bits per heavy atom. The maximum atomic E-state index is 5.93. The zero-order valence-electron chi connectivity index (χ0n) is 15.9. The average Bonchev–Trinajstić information content (AvgIpc) is 3.16. The van der Waals surface area contributed by atoms with Crippen LogP contribution >= 0.6 is 0 Å². The number of hydrogen-bond donors (Lipinski definition) is 0. The van der Waals surface area contributed by atoms with Gasteiger partial charge in [-0.25, -0.2) is 0 Å². The first-order chi connectivity index (χ1) is 13.3. The van der Waals surface area contributed by atoms with Crippen LogP contribution in [0.4, 0.5) is 0 Å². The molecule has 5 rings (SSSR count). The van der Waals surface area contributed by atoms with Gasteiger partial charge in [-0.3, -0.25) is 4.90 Å². The molecule has 3 aliphatic heterocycles. The third kappa shape index (κ3) is 2.81. The smallest absolute Gasteiger partial charge is 0.231 e. The summed E-state index contributed by atoms with van der Waals surface area (Å²) in [4.78, 5) is 2.57. The van der Waals surface area contributed by atoms with Gasteiger partial charge in [0.25, 0.3) is 0 Å². The summed E-state index contributed by atoms with van der Waals surface area (Å²) in [7, 11) is 1.71. The lowest BCUT2D eigenvalue weighted by molar-refractivity contribution is 0.160. The monoisotopic (exact) mass is 367 g/mol. The van der Waals surface area contributed by atoms with Crippen LogP contribution in [0.25, 0.3) is 0 Å². The molecule has 0 unspecified atom stereocenters. The molecule has 0 amide bonds. The number of hydrogen-bond acceptors (Lipinski definition) is 5. The van der Waals surface area contributed by atoms with Crippen molar-refractivity contribution < 1.29 is 18.9 Å². The third-order valence-electron chi connectivity index (χ3n) is 5.84. The SMILES string of the molecule is CCCOc1cc2c(cc1OC)CN1CCc3cc4c(cc3[C@@H]1C2)OCO4. The minimum absolute atomic E-state index is 0.327. The molecule has 5 nitrogen and oxygen atoms in total. The maximum Gasteiger partial charge on any atom is 0.231 e. The van der Waals surface area contributed by atoms with Gasteiger partial charge < -0.3 is 18.9 Å². The van der Waals surface area contributed by atoms with Crippen molar-refractivity contribution in [1.82, 2.24) is 4.90 Å². The summed E-state index contributed by atoms with van der Waals surface area (Å²) in [5.74, 6) is 3.45. The molecule has 2 aromatic carbocycles. The van der Waals surface area contributed by atoms with E-state index in [2.05, 4.69) is 36.1 Å². The molecule has 0 radical (unpaired) electrons. The molecule has 3 heterocycles. The maximum absolute atomic E-state index is 5.93. The van der Waals surface area contributed by atoms with Crippen LogP contribution in [0.1, 0.15) is 41.6 Å². The largest absolute Gasteiger partial charge is 0.493 e. The van der Waals surface area contributed by atoms with Crippen LogP contribution in [0, 0.1) is 0 Å². The minimum atomic E-state index is 0.327. The first kappa shape index (κ1) is 16.8. The van der Waals surface area contributed by atoms with Gasteiger partial charge in [0, 0.05) is 19.1 Å². The topological polar surface area (TPSA) is 40.2 Å². The molecule has 142 valence electrons. The van der Waals surface area contributed by atoms with Gasteiger partial charge in [-0.05, 0) is 65.8 Å². The van der Waals surface area contributed by atoms with Crippen LogP contribution in [0.3, 0.4) is 0 Å². The third-order valence-corrected chi connectivity index (χ3v) is 5.84. The van der Waals surface area contributed by atoms with E-state index in [1.165, 1.54) is 22.3 Å². The highest BCUT2D eigenvalue weighted by Gasteiger charge is 2.34. The molecule has 27 heavy (non-hydrogen) atoms. The Kier molecular flexibility index (Phi) is 4.12. The molecule has 2 aromatic rings. The zero-order chi connectivity index (χ0) is 18.4. The molecule has 0 saturated carbocycles. The van der Waals surface area contributed by atoms with Crippen molar-refractivity contribution in [3.63, 3.8) is 0 Å². The van der Waals surface area contributed by atoms with Crippen molar-refractivity contribution in [3.8, 4) is 23.0 Å². The fraction of sp³-hybridized carbons (Fsp3) is 0.455. The van der Waals surface area contributed by atoms with E-state index in [1.54, 1.807) is 7.11 Å². The number of methoxy groups -OCH3 is 1. The molecular weight excluding hydrogens is 342 g/mol. The Labute approximate surface area is 159 Å². The van der Waals surface area contributed by atoms with Crippen LogP contribution < -0.4 is 18.9 Å². The fourth-order valence-corrected chi connectivity index (χ4v) is 4.46. The van der Waals surface area contributed by atoms with Crippen molar-refractivity contribution in [2.24, 2.45) is 0 Å². The highest BCUT2D eigenvalue weighted by Crippen LogP contribution is 2.45. The van der Waals surface area contributed by atoms with Gasteiger partial charge in [-0.1, -0.05) is 6.92 Å². The van der Waals surface area contributed by atoms with E-state index in [4.69, 9.17) is 18.9 Å². The molecule has 5 heteroatoms. The lowest BCUT2D eigenvalue weighted by atomic mass is 9.83. The standard InChI is InChI=1S/C22H25NO4/c1-3-6-25-20-9-15-7-18-17-11-22-21(26-13-27-22)8-14(17)4-5-23(18)12-16(15)10-19(20)24-2/h8-11,18H,3-7,12-13H2,1-2H3/t18-/m0/s1. The second-order valence-electron chi connectivity index (χ2n) is 7.46.